The van der Waals surface area contributed by atoms with Crippen molar-refractivity contribution in [3.8, 4) is 0 Å². The highest BCUT2D eigenvalue weighted by Crippen LogP contribution is 2.41. The molecule has 0 amide bonds. The number of ether oxygens (including phenoxy) is 1. The van der Waals surface area contributed by atoms with Crippen LogP contribution in [-0.4, -0.2) is 24.3 Å². The van der Waals surface area contributed by atoms with E-state index in [4.69, 9.17) is 4.74 Å². The van der Waals surface area contributed by atoms with Crippen molar-refractivity contribution in [1.29, 1.82) is 0 Å². The van der Waals surface area contributed by atoms with Crippen LogP contribution in [0.1, 0.15) is 63.0 Å². The van der Waals surface area contributed by atoms with E-state index in [-0.39, 0.29) is 6.10 Å². The average Bonchev–Trinajstić information content (AvgIpc) is 2.59. The van der Waals surface area contributed by atoms with Gasteiger partial charge in [0.1, 0.15) is 0 Å². The third-order valence-corrected chi connectivity index (χ3v) is 5.20. The van der Waals surface area contributed by atoms with Crippen LogP contribution in [-0.2, 0) is 9.53 Å². The van der Waals surface area contributed by atoms with Crippen LogP contribution in [0, 0.1) is 11.8 Å². The van der Waals surface area contributed by atoms with Crippen molar-refractivity contribution >= 4 is 11.5 Å². The summed E-state index contributed by atoms with van der Waals surface area (Å²) < 4.78 is 4.73. The third-order valence-electron chi connectivity index (χ3n) is 5.20. The molecule has 1 aromatic rings. The fourth-order valence-corrected chi connectivity index (χ4v) is 3.68. The number of hydrogen-bond donors (Lipinski definition) is 1. The van der Waals surface area contributed by atoms with Gasteiger partial charge in [0.2, 0.25) is 0 Å². The molecule has 0 radical (unpaired) electrons. The maximum atomic E-state index is 11.6. The summed E-state index contributed by atoms with van der Waals surface area (Å²) in [5, 5.41) is 10.1. The predicted molar refractivity (Wildman–Crippen MR) is 97.7 cm³/mol. The Kier molecular flexibility index (Phi) is 6.61. The Labute approximate surface area is 145 Å². The molecule has 1 saturated carbocycles. The van der Waals surface area contributed by atoms with Gasteiger partial charge in [0.25, 0.3) is 0 Å². The Morgan fingerprint density at radius 2 is 1.96 bits per heavy atom. The van der Waals surface area contributed by atoms with Crippen molar-refractivity contribution in [2.45, 2.75) is 58.0 Å². The first-order valence-corrected chi connectivity index (χ1v) is 8.98. The van der Waals surface area contributed by atoms with Crippen molar-refractivity contribution in [3.05, 3.63) is 42.0 Å². The number of rotatable bonds is 6. The molecule has 3 unspecified atom stereocenters. The maximum Gasteiger partial charge on any atom is 0.337 e. The molecule has 2 rings (SSSR count). The van der Waals surface area contributed by atoms with Gasteiger partial charge in [-0.05, 0) is 54.6 Å². The van der Waals surface area contributed by atoms with Gasteiger partial charge in [-0.2, -0.15) is 0 Å². The van der Waals surface area contributed by atoms with Crippen LogP contribution in [0.2, 0.25) is 0 Å². The smallest absolute Gasteiger partial charge is 0.337 e. The highest BCUT2D eigenvalue weighted by atomic mass is 16.5. The molecule has 0 spiro atoms. The first-order chi connectivity index (χ1) is 11.4. The summed E-state index contributed by atoms with van der Waals surface area (Å²) in [6, 6.07) is 8.03. The third kappa shape index (κ3) is 4.70. The lowest BCUT2D eigenvalue weighted by molar-refractivity contribution is -0.133. The maximum absolute atomic E-state index is 11.6. The van der Waals surface area contributed by atoms with Gasteiger partial charge in [0, 0.05) is 0 Å². The largest absolute Gasteiger partial charge is 0.465 e. The molecule has 1 aliphatic carbocycles. The van der Waals surface area contributed by atoms with E-state index in [9.17, 15) is 9.90 Å². The van der Waals surface area contributed by atoms with Crippen molar-refractivity contribution in [2.24, 2.45) is 11.8 Å². The summed E-state index contributed by atoms with van der Waals surface area (Å²) in [4.78, 5) is 11.6. The molecule has 24 heavy (non-hydrogen) atoms. The lowest BCUT2D eigenvalue weighted by atomic mass is 9.72. The summed E-state index contributed by atoms with van der Waals surface area (Å²) in [5.74, 6) is 1.34. The standard InChI is InChI=1S/C21H30O3/c1-14(2)5-6-17-11-12-19(22)13-20(17)18-9-7-16(8-10-18)15(3)21(23)24-4/h7-10,14,17,19-20,22H,3,5-6,11-13H2,1-2,4H3. The van der Waals surface area contributed by atoms with Crippen LogP contribution < -0.4 is 0 Å². The fourth-order valence-electron chi connectivity index (χ4n) is 3.68. The number of carbonyl (C=O) groups excluding carboxylic acids is 1. The van der Waals surface area contributed by atoms with Gasteiger partial charge in [-0.1, -0.05) is 51.1 Å². The van der Waals surface area contributed by atoms with E-state index in [1.54, 1.807) is 0 Å². The zero-order valence-electron chi connectivity index (χ0n) is 15.1. The summed E-state index contributed by atoms with van der Waals surface area (Å²) in [6.07, 6.45) is 5.08. The molecule has 3 heteroatoms. The molecule has 132 valence electrons. The van der Waals surface area contributed by atoms with E-state index in [1.165, 1.54) is 25.5 Å². The number of methoxy groups -OCH3 is 1. The Morgan fingerprint density at radius 1 is 1.29 bits per heavy atom. The molecule has 0 saturated heterocycles. The molecule has 3 atom stereocenters. The van der Waals surface area contributed by atoms with Crippen LogP contribution in [0.15, 0.2) is 30.8 Å². The number of aliphatic hydroxyl groups excluding tert-OH is 1. The quantitative estimate of drug-likeness (QED) is 0.614. The van der Waals surface area contributed by atoms with Gasteiger partial charge in [0.15, 0.2) is 0 Å². The lowest BCUT2D eigenvalue weighted by Gasteiger charge is -2.35. The minimum Gasteiger partial charge on any atom is -0.465 e. The van der Waals surface area contributed by atoms with Gasteiger partial charge in [-0.15, -0.1) is 0 Å². The number of esters is 1. The van der Waals surface area contributed by atoms with Gasteiger partial charge in [-0.25, -0.2) is 4.79 Å². The first kappa shape index (κ1) is 18.7. The molecule has 0 aliphatic heterocycles. The number of carbonyl (C=O) groups is 1. The second kappa shape index (κ2) is 8.48. The van der Waals surface area contributed by atoms with E-state index < -0.39 is 5.97 Å². The molecule has 1 fully saturated rings. The molecule has 0 aromatic heterocycles. The monoisotopic (exact) mass is 330 g/mol. The lowest BCUT2D eigenvalue weighted by Crippen LogP contribution is -2.26. The normalized spacial score (nSPS) is 24.0. The molecule has 0 bridgehead atoms. The van der Waals surface area contributed by atoms with E-state index in [0.717, 1.165) is 24.8 Å². The van der Waals surface area contributed by atoms with Crippen molar-refractivity contribution in [3.63, 3.8) is 0 Å². The molecular formula is C21H30O3. The molecule has 1 N–H and O–H groups in total. The van der Waals surface area contributed by atoms with Crippen LogP contribution >= 0.6 is 0 Å². The summed E-state index contributed by atoms with van der Waals surface area (Å²) in [7, 11) is 1.37. The van der Waals surface area contributed by atoms with Gasteiger partial charge >= 0.3 is 5.97 Å². The SMILES string of the molecule is C=C(C(=O)OC)c1ccc(C2CC(O)CCC2CCC(C)C)cc1. The predicted octanol–water partition coefficient (Wildman–Crippen LogP) is 4.55. The van der Waals surface area contributed by atoms with Gasteiger partial charge in [-0.3, -0.25) is 0 Å². The summed E-state index contributed by atoms with van der Waals surface area (Å²) in [5.41, 5.74) is 2.42. The van der Waals surface area contributed by atoms with Crippen molar-refractivity contribution in [1.82, 2.24) is 0 Å². The van der Waals surface area contributed by atoms with E-state index in [1.807, 2.05) is 12.1 Å². The zero-order valence-corrected chi connectivity index (χ0v) is 15.1. The van der Waals surface area contributed by atoms with E-state index >= 15 is 0 Å². The minimum atomic E-state index is -0.398. The van der Waals surface area contributed by atoms with Crippen LogP contribution in [0.4, 0.5) is 0 Å². The Bertz CT molecular complexity index is 559. The van der Waals surface area contributed by atoms with Crippen molar-refractivity contribution in [2.75, 3.05) is 7.11 Å². The van der Waals surface area contributed by atoms with Crippen LogP contribution in [0.5, 0.6) is 0 Å². The highest BCUT2D eigenvalue weighted by Gasteiger charge is 2.30. The molecule has 1 aromatic carbocycles. The molecule has 3 nitrogen and oxygen atoms in total. The second-order valence-corrected chi connectivity index (χ2v) is 7.40. The van der Waals surface area contributed by atoms with Gasteiger partial charge < -0.3 is 9.84 Å². The van der Waals surface area contributed by atoms with E-state index in [2.05, 4.69) is 32.6 Å². The second-order valence-electron chi connectivity index (χ2n) is 7.40. The number of hydrogen-bond acceptors (Lipinski definition) is 3. The summed E-state index contributed by atoms with van der Waals surface area (Å²) in [6.45, 7) is 8.33. The number of aliphatic hydroxyl groups is 1. The van der Waals surface area contributed by atoms with Crippen LogP contribution in [0.3, 0.4) is 0 Å². The first-order valence-electron chi connectivity index (χ1n) is 8.98. The van der Waals surface area contributed by atoms with E-state index in [0.29, 0.717) is 23.3 Å². The zero-order chi connectivity index (χ0) is 17.7. The van der Waals surface area contributed by atoms with Crippen LogP contribution in [0.25, 0.3) is 5.57 Å². The van der Waals surface area contributed by atoms with Crippen molar-refractivity contribution < 1.29 is 14.6 Å². The Morgan fingerprint density at radius 3 is 2.54 bits per heavy atom. The average molecular weight is 330 g/mol. The Balaban J connectivity index is 2.14. The topological polar surface area (TPSA) is 46.5 Å². The van der Waals surface area contributed by atoms with Gasteiger partial charge in [0.05, 0.1) is 18.8 Å². The minimum absolute atomic E-state index is 0.199. The summed E-state index contributed by atoms with van der Waals surface area (Å²) >= 11 is 0. The molecule has 0 heterocycles. The molecular weight excluding hydrogens is 300 g/mol. The highest BCUT2D eigenvalue weighted by molar-refractivity contribution is 6.15. The number of benzene rings is 1. The fraction of sp³-hybridized carbons (Fsp3) is 0.571. The Hall–Kier alpha value is -1.61. The molecule has 1 aliphatic rings.